The first kappa shape index (κ1) is 57.9. The topological polar surface area (TPSA) is 182 Å². The molecule has 0 aliphatic rings. The van der Waals surface area contributed by atoms with Gasteiger partial charge in [0.15, 0.2) is 29.8 Å². The van der Waals surface area contributed by atoms with Gasteiger partial charge in [0.05, 0.1) is 13.2 Å². The Labute approximate surface area is 338 Å². The molecule has 0 aromatic rings. The van der Waals surface area contributed by atoms with E-state index in [-0.39, 0.29) is 13.2 Å². The fourth-order valence-corrected chi connectivity index (χ4v) is 2.79. The van der Waals surface area contributed by atoms with Crippen molar-refractivity contribution in [2.45, 2.75) is 30.5 Å². The quantitative estimate of drug-likeness (QED) is 0.00894. The molecule has 0 aromatic heterocycles. The Kier molecular flexibility index (Phi) is 27.6. The van der Waals surface area contributed by atoms with Gasteiger partial charge in [-0.15, -0.1) is 0 Å². The Morgan fingerprint density at radius 2 is 1.14 bits per heavy atom. The highest BCUT2D eigenvalue weighted by molar-refractivity contribution is 5.81. The molecule has 0 fully saturated rings. The molecule has 0 aliphatic carbocycles. The monoisotopic (exact) mass is 964 g/mol. The zero-order chi connectivity index (χ0) is 48.2. The number of esters is 1. The lowest BCUT2D eigenvalue weighted by Gasteiger charge is -2.33. The van der Waals surface area contributed by atoms with Gasteiger partial charge in [-0.3, -0.25) is 4.89 Å². The van der Waals surface area contributed by atoms with Gasteiger partial charge in [0.25, 0.3) is 0 Å². The third kappa shape index (κ3) is 20.3. The van der Waals surface area contributed by atoms with E-state index in [2.05, 4.69) is 82.5 Å². The number of alkyl halides is 6. The molecule has 0 radical (unpaired) electrons. The molecule has 0 amide bonds. The number of halogens is 16. The van der Waals surface area contributed by atoms with Crippen LogP contribution in [-0.4, -0.2) is 75.6 Å². The number of hydrogen-bond acceptors (Lipinski definition) is 18. The van der Waals surface area contributed by atoms with Gasteiger partial charge < -0.3 is 23.8 Å². The first-order valence-corrected chi connectivity index (χ1v) is 15.3. The normalized spacial score (nSPS) is 15.7. The number of allylic oxidation sites excluding steroid dienone is 8. The standard InChI is InChI=1S/C29H24F16O18/c1-3-17(46)50-9-11-53-57-60-56-52-10-8-49-14-15(54-58-61-63-62-59-55-18(47)4-2)13-48-6-5-7-51-27(40,28(41,42)29(43,44)45)26(39)25(38)24(37)23(36)22(35)21(34)20(33)19(32)16(31)12-30/h3-4,8,10,12,15H,1-2,5-7,9,11,13-14H2/b10-8-,16-12-,20-19+,22-21+,24-23+,26-25+. The highest BCUT2D eigenvalue weighted by Gasteiger charge is 2.75. The molecule has 2 atom stereocenters. The molecule has 0 rings (SSSR count). The van der Waals surface area contributed by atoms with E-state index >= 15 is 4.39 Å². The zero-order valence-electron chi connectivity index (χ0n) is 30.2. The van der Waals surface area contributed by atoms with Crippen molar-refractivity contribution in [2.24, 2.45) is 0 Å². The second-order valence-corrected chi connectivity index (χ2v) is 9.68. The Hall–Kier alpha value is -5.14. The van der Waals surface area contributed by atoms with Gasteiger partial charge in [-0.05, 0) is 21.5 Å². The van der Waals surface area contributed by atoms with Crippen LogP contribution in [0.3, 0.4) is 0 Å². The molecule has 0 aromatic carbocycles. The number of hydrogen-bond donors (Lipinski definition) is 0. The molecule has 0 saturated carbocycles. The second kappa shape index (κ2) is 30.0. The minimum atomic E-state index is -7.25. The summed E-state index contributed by atoms with van der Waals surface area (Å²) in [4.78, 5) is 38.5. The number of rotatable bonds is 33. The van der Waals surface area contributed by atoms with Crippen LogP contribution in [0.25, 0.3) is 0 Å². The summed E-state index contributed by atoms with van der Waals surface area (Å²) >= 11 is 0. The number of carbonyl (C=O) groups is 2. The van der Waals surface area contributed by atoms with Crippen molar-refractivity contribution in [1.82, 2.24) is 0 Å². The summed E-state index contributed by atoms with van der Waals surface area (Å²) in [5.41, 5.74) is 0. The van der Waals surface area contributed by atoms with Gasteiger partial charge in [-0.1, -0.05) is 13.2 Å². The summed E-state index contributed by atoms with van der Waals surface area (Å²) in [5, 5.41) is 30.6. The molecule has 18 nitrogen and oxygen atoms in total. The molecule has 0 N–H and O–H groups in total. The Balaban J connectivity index is 5.73. The summed E-state index contributed by atoms with van der Waals surface area (Å²) in [6.07, 6.45) is -8.66. The van der Waals surface area contributed by atoms with Crippen molar-refractivity contribution in [3.63, 3.8) is 0 Å². The van der Waals surface area contributed by atoms with Crippen LogP contribution in [0.1, 0.15) is 6.42 Å². The number of carbonyl (C=O) groups excluding carboxylic acids is 2. The van der Waals surface area contributed by atoms with Gasteiger partial charge in [0, 0.05) is 44.0 Å². The minimum Gasteiger partial charge on any atom is -0.495 e. The van der Waals surface area contributed by atoms with Crippen LogP contribution in [0.4, 0.5) is 70.2 Å². The van der Waals surface area contributed by atoms with Crippen LogP contribution < -0.4 is 0 Å². The second-order valence-electron chi connectivity index (χ2n) is 9.68. The van der Waals surface area contributed by atoms with E-state index < -0.39 is 128 Å². The van der Waals surface area contributed by atoms with E-state index in [1.54, 1.807) is 0 Å². The van der Waals surface area contributed by atoms with E-state index in [0.717, 1.165) is 6.08 Å². The Morgan fingerprint density at radius 1 is 0.587 bits per heavy atom. The van der Waals surface area contributed by atoms with Crippen molar-refractivity contribution in [3.05, 3.63) is 96.6 Å². The van der Waals surface area contributed by atoms with Crippen LogP contribution in [0.2, 0.25) is 0 Å². The predicted molar refractivity (Wildman–Crippen MR) is 157 cm³/mol. The molecule has 360 valence electrons. The molecule has 0 aliphatic heterocycles. The van der Waals surface area contributed by atoms with E-state index in [9.17, 15) is 75.4 Å². The molecular weight excluding hydrogens is 940 g/mol. The highest BCUT2D eigenvalue weighted by atomic mass is 19.4. The third-order valence-corrected chi connectivity index (χ3v) is 5.51. The van der Waals surface area contributed by atoms with Crippen LogP contribution in [-0.2, 0) is 88.4 Å². The summed E-state index contributed by atoms with van der Waals surface area (Å²) in [7, 11) is 0. The predicted octanol–water partition coefficient (Wildman–Crippen LogP) is 8.30. The molecular formula is C29H24F16O18. The third-order valence-electron chi connectivity index (χ3n) is 5.51. The fourth-order valence-electron chi connectivity index (χ4n) is 2.79. The van der Waals surface area contributed by atoms with Crippen LogP contribution in [0.15, 0.2) is 96.6 Å². The lowest BCUT2D eigenvalue weighted by molar-refractivity contribution is -0.787. The molecule has 2 unspecified atom stereocenters. The van der Waals surface area contributed by atoms with Gasteiger partial charge >= 0.3 is 29.9 Å². The SMILES string of the molecule is C=CC(=O)OCCOOOOO/C=C\OCC(COCCCOC(F)(/C(F)=C(F)/C(F)=C(F)/C(F)=C(F)/C(F)=C(F)/C(F)=C/F)C(F)(F)C(F)(F)F)OOOOOOOC(=O)C=C. The molecule has 34 heteroatoms. The molecule has 0 heterocycles. The van der Waals surface area contributed by atoms with Crippen LogP contribution in [0.5, 0.6) is 0 Å². The first-order chi connectivity index (χ1) is 29.5. The van der Waals surface area contributed by atoms with Crippen molar-refractivity contribution in [1.29, 1.82) is 0 Å². The van der Waals surface area contributed by atoms with Crippen LogP contribution in [0, 0.1) is 0 Å². The maximum Gasteiger partial charge on any atom is 0.460 e. The van der Waals surface area contributed by atoms with E-state index in [4.69, 9.17) is 9.47 Å². The van der Waals surface area contributed by atoms with Crippen molar-refractivity contribution in [3.8, 4) is 0 Å². The van der Waals surface area contributed by atoms with E-state index in [0.29, 0.717) is 18.6 Å². The van der Waals surface area contributed by atoms with Crippen molar-refractivity contribution in [2.75, 3.05) is 39.6 Å². The summed E-state index contributed by atoms with van der Waals surface area (Å²) in [5.74, 6) is -49.3. The number of ether oxygens (including phenoxy) is 4. The van der Waals surface area contributed by atoms with Gasteiger partial charge in [0.2, 0.25) is 35.0 Å². The molecule has 0 bridgehead atoms. The van der Waals surface area contributed by atoms with Crippen molar-refractivity contribution >= 4 is 11.9 Å². The first-order valence-electron chi connectivity index (χ1n) is 15.3. The lowest BCUT2D eigenvalue weighted by Crippen LogP contribution is -2.56. The zero-order valence-corrected chi connectivity index (χ0v) is 30.2. The molecule has 0 spiro atoms. The van der Waals surface area contributed by atoms with Gasteiger partial charge in [-0.2, -0.15) is 31.2 Å². The summed E-state index contributed by atoms with van der Waals surface area (Å²) in [6.45, 7) is 1.02. The Bertz CT molecular complexity index is 1670. The van der Waals surface area contributed by atoms with E-state index in [1.165, 1.54) is 0 Å². The minimum absolute atomic E-state index is 0.292. The summed E-state index contributed by atoms with van der Waals surface area (Å²) in [6, 6.07) is 0. The van der Waals surface area contributed by atoms with E-state index in [1.807, 2.05) is 0 Å². The van der Waals surface area contributed by atoms with Crippen LogP contribution >= 0.6 is 0 Å². The lowest BCUT2D eigenvalue weighted by atomic mass is 10.1. The average molecular weight is 964 g/mol. The largest absolute Gasteiger partial charge is 0.495 e. The van der Waals surface area contributed by atoms with Crippen molar-refractivity contribution < 1.29 is 159 Å². The van der Waals surface area contributed by atoms with Gasteiger partial charge in [0.1, 0.15) is 32.4 Å². The molecule has 63 heavy (non-hydrogen) atoms. The summed E-state index contributed by atoms with van der Waals surface area (Å²) < 4.78 is 236. The fraction of sp³-hybridized carbons (Fsp3) is 0.379. The molecule has 0 saturated heterocycles. The smallest absolute Gasteiger partial charge is 0.460 e. The maximum atomic E-state index is 15.1. The maximum absolute atomic E-state index is 15.1. The Morgan fingerprint density at radius 3 is 1.73 bits per heavy atom. The van der Waals surface area contributed by atoms with Gasteiger partial charge in [-0.25, -0.2) is 58.4 Å². The highest BCUT2D eigenvalue weighted by Crippen LogP contribution is 2.51. The average Bonchev–Trinajstić information content (AvgIpc) is 3.26.